The monoisotopic (exact) mass is 267 g/mol. The molecule has 0 rings (SSSR count). The maximum Gasteiger partial charge on any atom is 0.306 e. The molecule has 110 valence electrons. The van der Waals surface area contributed by atoms with Crippen molar-refractivity contribution in [3.05, 3.63) is 0 Å². The van der Waals surface area contributed by atoms with Gasteiger partial charge in [-0.1, -0.05) is 32.6 Å². The van der Waals surface area contributed by atoms with E-state index in [1.807, 2.05) is 0 Å². The minimum Gasteiger partial charge on any atom is -0.481 e. The van der Waals surface area contributed by atoms with Crippen molar-refractivity contribution in [2.45, 2.75) is 71.1 Å². The molecule has 0 spiro atoms. The van der Waals surface area contributed by atoms with Crippen LogP contribution in [0.25, 0.3) is 0 Å². The first kappa shape index (κ1) is 18.0. The molecule has 0 saturated heterocycles. The predicted molar refractivity (Wildman–Crippen MR) is 79.8 cm³/mol. The number of carbonyl (C=O) groups is 1. The average molecular weight is 267 g/mol. The maximum absolute atomic E-state index is 11.1. The van der Waals surface area contributed by atoms with Gasteiger partial charge >= 0.3 is 5.97 Å². The van der Waals surface area contributed by atoms with Gasteiger partial charge in [-0.25, -0.2) is 0 Å². The molecule has 0 aromatic carbocycles. The van der Waals surface area contributed by atoms with Gasteiger partial charge < -0.3 is 10.8 Å². The Morgan fingerprint density at radius 3 is 2.42 bits per heavy atom. The molecule has 0 amide bonds. The standard InChI is InChI=1S/C16H29NO2/c1-2-3-4-5-6-7-8-9-12-15(16(18)19)13-10-11-14-17/h15H,2-6,9-14,17H2,1H3,(H,18,19). The molecule has 0 fully saturated rings. The van der Waals surface area contributed by atoms with E-state index in [1.54, 1.807) is 0 Å². The molecular weight excluding hydrogens is 238 g/mol. The summed E-state index contributed by atoms with van der Waals surface area (Å²) in [5, 5.41) is 9.09. The number of nitrogens with two attached hydrogens (primary N) is 1. The highest BCUT2D eigenvalue weighted by molar-refractivity contribution is 5.69. The van der Waals surface area contributed by atoms with Crippen molar-refractivity contribution < 1.29 is 9.90 Å². The number of unbranched alkanes of at least 4 members (excludes halogenated alkanes) is 5. The van der Waals surface area contributed by atoms with Crippen LogP contribution in [0.15, 0.2) is 0 Å². The minimum atomic E-state index is -0.693. The fourth-order valence-corrected chi connectivity index (χ4v) is 1.99. The molecule has 3 N–H and O–H groups in total. The van der Waals surface area contributed by atoms with Crippen molar-refractivity contribution >= 4 is 5.97 Å². The second-order valence-electron chi connectivity index (χ2n) is 5.02. The fraction of sp³-hybridized carbons (Fsp3) is 0.812. The summed E-state index contributed by atoms with van der Waals surface area (Å²) >= 11 is 0. The lowest BCUT2D eigenvalue weighted by molar-refractivity contribution is -0.142. The Labute approximate surface area is 118 Å². The fourth-order valence-electron chi connectivity index (χ4n) is 1.99. The van der Waals surface area contributed by atoms with Crippen LogP contribution in [-0.2, 0) is 4.79 Å². The van der Waals surface area contributed by atoms with Crippen LogP contribution < -0.4 is 5.73 Å². The molecule has 0 aliphatic carbocycles. The Morgan fingerprint density at radius 2 is 1.79 bits per heavy atom. The highest BCUT2D eigenvalue weighted by Crippen LogP contribution is 2.14. The van der Waals surface area contributed by atoms with Gasteiger partial charge in [0, 0.05) is 12.8 Å². The van der Waals surface area contributed by atoms with Crippen LogP contribution in [0.1, 0.15) is 71.1 Å². The van der Waals surface area contributed by atoms with Gasteiger partial charge in [-0.2, -0.15) is 0 Å². The van der Waals surface area contributed by atoms with Crippen LogP contribution >= 0.6 is 0 Å². The second kappa shape index (κ2) is 13.4. The van der Waals surface area contributed by atoms with Gasteiger partial charge in [-0.15, -0.1) is 11.8 Å². The quantitative estimate of drug-likeness (QED) is 0.444. The Morgan fingerprint density at radius 1 is 1.05 bits per heavy atom. The number of carboxylic acid groups (broad SMARTS) is 1. The third-order valence-corrected chi connectivity index (χ3v) is 3.25. The van der Waals surface area contributed by atoms with Crippen molar-refractivity contribution in [3.63, 3.8) is 0 Å². The van der Waals surface area contributed by atoms with Crippen LogP contribution in [0.2, 0.25) is 0 Å². The maximum atomic E-state index is 11.1. The van der Waals surface area contributed by atoms with E-state index in [0.717, 1.165) is 25.7 Å². The number of hydrogen-bond acceptors (Lipinski definition) is 2. The SMILES string of the molecule is CCCCCCC#CCCC(CCCCN)C(=O)O. The van der Waals surface area contributed by atoms with Crippen molar-refractivity contribution in [3.8, 4) is 11.8 Å². The summed E-state index contributed by atoms with van der Waals surface area (Å²) in [6, 6.07) is 0. The topological polar surface area (TPSA) is 63.3 Å². The zero-order valence-corrected chi connectivity index (χ0v) is 12.3. The van der Waals surface area contributed by atoms with Gasteiger partial charge in [0.1, 0.15) is 0 Å². The number of aliphatic carboxylic acids is 1. The Kier molecular flexibility index (Phi) is 12.7. The van der Waals surface area contributed by atoms with Gasteiger partial charge in [0.25, 0.3) is 0 Å². The molecule has 0 heterocycles. The average Bonchev–Trinajstić information content (AvgIpc) is 2.39. The Bertz CT molecular complexity index is 278. The van der Waals surface area contributed by atoms with Crippen LogP contribution in [-0.4, -0.2) is 17.6 Å². The third kappa shape index (κ3) is 11.8. The van der Waals surface area contributed by atoms with E-state index in [1.165, 1.54) is 25.7 Å². The van der Waals surface area contributed by atoms with E-state index >= 15 is 0 Å². The summed E-state index contributed by atoms with van der Waals surface area (Å²) in [5.41, 5.74) is 5.41. The molecule has 0 bridgehead atoms. The van der Waals surface area contributed by atoms with Crippen molar-refractivity contribution in [1.29, 1.82) is 0 Å². The Hall–Kier alpha value is -1.01. The van der Waals surface area contributed by atoms with Crippen molar-refractivity contribution in [2.75, 3.05) is 6.54 Å². The first-order chi connectivity index (χ1) is 9.22. The lowest BCUT2D eigenvalue weighted by Crippen LogP contribution is -2.14. The highest BCUT2D eigenvalue weighted by Gasteiger charge is 2.15. The Balaban J connectivity index is 3.68. The van der Waals surface area contributed by atoms with Crippen molar-refractivity contribution in [1.82, 2.24) is 0 Å². The molecule has 1 atom stereocenters. The zero-order valence-electron chi connectivity index (χ0n) is 12.3. The van der Waals surface area contributed by atoms with Crippen molar-refractivity contribution in [2.24, 2.45) is 11.7 Å². The van der Waals surface area contributed by atoms with Crippen LogP contribution in [0.3, 0.4) is 0 Å². The second-order valence-corrected chi connectivity index (χ2v) is 5.02. The van der Waals surface area contributed by atoms with E-state index < -0.39 is 5.97 Å². The van der Waals surface area contributed by atoms with Gasteiger partial charge in [0.15, 0.2) is 0 Å². The van der Waals surface area contributed by atoms with Crippen LogP contribution in [0.5, 0.6) is 0 Å². The highest BCUT2D eigenvalue weighted by atomic mass is 16.4. The normalized spacial score (nSPS) is 11.7. The number of carboxylic acids is 1. The lowest BCUT2D eigenvalue weighted by atomic mass is 9.97. The van der Waals surface area contributed by atoms with E-state index in [4.69, 9.17) is 10.8 Å². The summed E-state index contributed by atoms with van der Waals surface area (Å²) in [6.07, 6.45) is 9.80. The molecule has 3 heteroatoms. The summed E-state index contributed by atoms with van der Waals surface area (Å²) in [4.78, 5) is 11.1. The first-order valence-electron chi connectivity index (χ1n) is 7.61. The van der Waals surface area contributed by atoms with Crippen LogP contribution in [0, 0.1) is 17.8 Å². The molecule has 3 nitrogen and oxygen atoms in total. The predicted octanol–water partition coefficient (Wildman–Crippen LogP) is 3.57. The van der Waals surface area contributed by atoms with E-state index in [2.05, 4.69) is 18.8 Å². The van der Waals surface area contributed by atoms with E-state index in [9.17, 15) is 4.79 Å². The largest absolute Gasteiger partial charge is 0.481 e. The number of hydrogen-bond donors (Lipinski definition) is 2. The summed E-state index contributed by atoms with van der Waals surface area (Å²) in [5.74, 6) is 5.30. The summed E-state index contributed by atoms with van der Waals surface area (Å²) < 4.78 is 0. The molecule has 0 saturated carbocycles. The van der Waals surface area contributed by atoms with Gasteiger partial charge in [-0.3, -0.25) is 4.79 Å². The number of rotatable bonds is 11. The first-order valence-corrected chi connectivity index (χ1v) is 7.61. The smallest absolute Gasteiger partial charge is 0.306 e. The van der Waals surface area contributed by atoms with Gasteiger partial charge in [0.2, 0.25) is 0 Å². The molecule has 19 heavy (non-hydrogen) atoms. The van der Waals surface area contributed by atoms with E-state index in [0.29, 0.717) is 19.4 Å². The molecule has 0 aromatic rings. The minimum absolute atomic E-state index is 0.249. The van der Waals surface area contributed by atoms with Crippen LogP contribution in [0.4, 0.5) is 0 Å². The summed E-state index contributed by atoms with van der Waals surface area (Å²) in [6.45, 7) is 2.84. The molecule has 0 aromatic heterocycles. The third-order valence-electron chi connectivity index (χ3n) is 3.25. The molecule has 0 radical (unpaired) electrons. The van der Waals surface area contributed by atoms with E-state index in [-0.39, 0.29) is 5.92 Å². The van der Waals surface area contributed by atoms with Gasteiger partial charge in [0.05, 0.1) is 5.92 Å². The lowest BCUT2D eigenvalue weighted by Gasteiger charge is -2.09. The molecule has 1 unspecified atom stereocenters. The van der Waals surface area contributed by atoms with Gasteiger partial charge in [-0.05, 0) is 32.2 Å². The molecule has 0 aliphatic rings. The summed E-state index contributed by atoms with van der Waals surface area (Å²) in [7, 11) is 0. The molecular formula is C16H29NO2. The zero-order chi connectivity index (χ0) is 14.3. The molecule has 0 aliphatic heterocycles.